The lowest BCUT2D eigenvalue weighted by molar-refractivity contribution is 0.111. The summed E-state index contributed by atoms with van der Waals surface area (Å²) in [5, 5.41) is 0. The number of hydrogen-bond donors (Lipinski definition) is 0. The molecular formula is C13H25N. The lowest BCUT2D eigenvalue weighted by atomic mass is 9.90. The van der Waals surface area contributed by atoms with Crippen molar-refractivity contribution in [1.82, 2.24) is 4.90 Å². The normalized spacial score (nSPS) is 36.6. The van der Waals surface area contributed by atoms with Crippen molar-refractivity contribution in [3.8, 4) is 0 Å². The predicted molar refractivity (Wildman–Crippen MR) is 61.5 cm³/mol. The Morgan fingerprint density at radius 3 is 2.57 bits per heavy atom. The number of nitrogens with zero attached hydrogens (tertiary/aromatic N) is 1. The van der Waals surface area contributed by atoms with E-state index in [1.807, 2.05) is 0 Å². The second-order valence-electron chi connectivity index (χ2n) is 5.38. The number of piperidine rings is 1. The minimum Gasteiger partial charge on any atom is -0.300 e. The van der Waals surface area contributed by atoms with Gasteiger partial charge >= 0.3 is 0 Å². The maximum Gasteiger partial charge on any atom is 0.00978 e. The smallest absolute Gasteiger partial charge is 0.00978 e. The summed E-state index contributed by atoms with van der Waals surface area (Å²) in [7, 11) is 0. The van der Waals surface area contributed by atoms with Gasteiger partial charge in [0.05, 0.1) is 0 Å². The summed E-state index contributed by atoms with van der Waals surface area (Å²) < 4.78 is 0. The van der Waals surface area contributed by atoms with Crippen LogP contribution in [0.25, 0.3) is 0 Å². The fourth-order valence-electron chi connectivity index (χ4n) is 3.12. The summed E-state index contributed by atoms with van der Waals surface area (Å²) in [4.78, 5) is 2.78. The van der Waals surface area contributed by atoms with Crippen molar-refractivity contribution < 1.29 is 0 Å². The minimum atomic E-state index is 0.942. The summed E-state index contributed by atoms with van der Waals surface area (Å²) >= 11 is 0. The van der Waals surface area contributed by atoms with Gasteiger partial charge in [-0.3, -0.25) is 0 Å². The van der Waals surface area contributed by atoms with Gasteiger partial charge in [0, 0.05) is 6.04 Å². The number of fused-ring (bicyclic) bond motifs is 1. The highest BCUT2D eigenvalue weighted by molar-refractivity contribution is 4.80. The van der Waals surface area contributed by atoms with Crippen LogP contribution in [0.4, 0.5) is 0 Å². The van der Waals surface area contributed by atoms with E-state index < -0.39 is 0 Å². The molecule has 82 valence electrons. The van der Waals surface area contributed by atoms with Crippen LogP contribution in [0, 0.1) is 5.92 Å². The maximum absolute atomic E-state index is 2.78. The second kappa shape index (κ2) is 5.16. The van der Waals surface area contributed by atoms with Crippen LogP contribution < -0.4 is 0 Å². The van der Waals surface area contributed by atoms with Crippen LogP contribution >= 0.6 is 0 Å². The van der Waals surface area contributed by atoms with Crippen LogP contribution in [-0.2, 0) is 0 Å². The van der Waals surface area contributed by atoms with Gasteiger partial charge in [-0.05, 0) is 44.7 Å². The maximum atomic E-state index is 2.78. The first-order valence-electron chi connectivity index (χ1n) is 6.60. The molecule has 2 saturated heterocycles. The SMILES string of the molecule is CC1CCN2CCCCCCCC2C1. The first-order chi connectivity index (χ1) is 6.86. The molecule has 2 aliphatic rings. The highest BCUT2D eigenvalue weighted by Gasteiger charge is 2.25. The van der Waals surface area contributed by atoms with E-state index in [-0.39, 0.29) is 0 Å². The first kappa shape index (κ1) is 10.5. The molecule has 1 heteroatoms. The Labute approximate surface area is 88.9 Å². The molecule has 0 aromatic rings. The van der Waals surface area contributed by atoms with Crippen LogP contribution in [0.1, 0.15) is 58.3 Å². The van der Waals surface area contributed by atoms with Crippen molar-refractivity contribution in [2.24, 2.45) is 5.92 Å². The molecule has 0 saturated carbocycles. The lowest BCUT2D eigenvalue weighted by Gasteiger charge is -2.38. The zero-order valence-electron chi connectivity index (χ0n) is 9.67. The van der Waals surface area contributed by atoms with Crippen LogP contribution in [0.15, 0.2) is 0 Å². The second-order valence-corrected chi connectivity index (χ2v) is 5.38. The highest BCUT2D eigenvalue weighted by atomic mass is 15.2. The third kappa shape index (κ3) is 2.73. The van der Waals surface area contributed by atoms with Gasteiger partial charge in [0.15, 0.2) is 0 Å². The number of rotatable bonds is 0. The molecule has 1 nitrogen and oxygen atoms in total. The standard InChI is InChI=1S/C13H25N/c1-12-8-10-14-9-6-4-2-3-5-7-13(14)11-12/h12-13H,2-11H2,1H3. The van der Waals surface area contributed by atoms with Gasteiger partial charge < -0.3 is 4.90 Å². The largest absolute Gasteiger partial charge is 0.300 e. The van der Waals surface area contributed by atoms with E-state index >= 15 is 0 Å². The quantitative estimate of drug-likeness (QED) is 0.572. The summed E-state index contributed by atoms with van der Waals surface area (Å²) in [5.74, 6) is 0.983. The highest BCUT2D eigenvalue weighted by Crippen LogP contribution is 2.27. The van der Waals surface area contributed by atoms with Crippen molar-refractivity contribution in [2.75, 3.05) is 13.1 Å². The van der Waals surface area contributed by atoms with Crippen molar-refractivity contribution in [3.63, 3.8) is 0 Å². The number of hydrogen-bond acceptors (Lipinski definition) is 1. The van der Waals surface area contributed by atoms with Gasteiger partial charge in [-0.1, -0.05) is 32.6 Å². The molecule has 0 N–H and O–H groups in total. The molecule has 0 radical (unpaired) electrons. The van der Waals surface area contributed by atoms with Crippen LogP contribution in [-0.4, -0.2) is 24.0 Å². The van der Waals surface area contributed by atoms with Crippen LogP contribution in [0.2, 0.25) is 0 Å². The fraction of sp³-hybridized carbons (Fsp3) is 1.00. The summed E-state index contributed by atoms with van der Waals surface area (Å²) in [6.07, 6.45) is 11.8. The van der Waals surface area contributed by atoms with Gasteiger partial charge in [0.2, 0.25) is 0 Å². The van der Waals surface area contributed by atoms with E-state index in [0.29, 0.717) is 0 Å². The van der Waals surface area contributed by atoms with Crippen molar-refractivity contribution in [1.29, 1.82) is 0 Å². The average molecular weight is 195 g/mol. The molecule has 2 heterocycles. The lowest BCUT2D eigenvalue weighted by Crippen LogP contribution is -2.42. The Kier molecular flexibility index (Phi) is 3.86. The summed E-state index contributed by atoms with van der Waals surface area (Å²) in [6.45, 7) is 5.20. The zero-order valence-corrected chi connectivity index (χ0v) is 9.67. The fourth-order valence-corrected chi connectivity index (χ4v) is 3.12. The molecule has 0 amide bonds. The van der Waals surface area contributed by atoms with E-state index in [4.69, 9.17) is 0 Å². The van der Waals surface area contributed by atoms with Gasteiger partial charge in [-0.2, -0.15) is 0 Å². The third-order valence-electron chi connectivity index (χ3n) is 4.08. The molecule has 0 aliphatic carbocycles. The van der Waals surface area contributed by atoms with Gasteiger partial charge in [-0.15, -0.1) is 0 Å². The predicted octanol–water partition coefficient (Wildman–Crippen LogP) is 3.44. The molecule has 2 rings (SSSR count). The zero-order chi connectivity index (χ0) is 9.80. The molecule has 0 bridgehead atoms. The first-order valence-corrected chi connectivity index (χ1v) is 6.60. The minimum absolute atomic E-state index is 0.942. The van der Waals surface area contributed by atoms with Gasteiger partial charge in [-0.25, -0.2) is 0 Å². The Morgan fingerprint density at radius 2 is 1.64 bits per heavy atom. The topological polar surface area (TPSA) is 3.24 Å². The monoisotopic (exact) mass is 195 g/mol. The van der Waals surface area contributed by atoms with E-state index in [2.05, 4.69) is 11.8 Å². The summed E-state index contributed by atoms with van der Waals surface area (Å²) in [5.41, 5.74) is 0. The van der Waals surface area contributed by atoms with E-state index in [9.17, 15) is 0 Å². The van der Waals surface area contributed by atoms with E-state index in [1.54, 1.807) is 0 Å². The van der Waals surface area contributed by atoms with Gasteiger partial charge in [0.25, 0.3) is 0 Å². The third-order valence-corrected chi connectivity index (χ3v) is 4.08. The Morgan fingerprint density at radius 1 is 0.857 bits per heavy atom. The Balaban J connectivity index is 1.90. The van der Waals surface area contributed by atoms with Crippen molar-refractivity contribution in [2.45, 2.75) is 64.3 Å². The van der Waals surface area contributed by atoms with E-state index in [1.165, 1.54) is 64.5 Å². The molecule has 0 spiro atoms. The Bertz CT molecular complexity index is 167. The molecule has 2 fully saturated rings. The molecule has 2 aliphatic heterocycles. The molecule has 0 aromatic heterocycles. The van der Waals surface area contributed by atoms with Crippen molar-refractivity contribution in [3.05, 3.63) is 0 Å². The average Bonchev–Trinajstić information content (AvgIpc) is 2.29. The van der Waals surface area contributed by atoms with E-state index in [0.717, 1.165) is 12.0 Å². The molecule has 2 atom stereocenters. The molecule has 14 heavy (non-hydrogen) atoms. The molecular weight excluding hydrogens is 170 g/mol. The molecule has 2 unspecified atom stereocenters. The van der Waals surface area contributed by atoms with Crippen LogP contribution in [0.3, 0.4) is 0 Å². The summed E-state index contributed by atoms with van der Waals surface area (Å²) in [6, 6.07) is 0.942. The van der Waals surface area contributed by atoms with Crippen LogP contribution in [0.5, 0.6) is 0 Å². The van der Waals surface area contributed by atoms with Gasteiger partial charge in [0.1, 0.15) is 0 Å². The Hall–Kier alpha value is -0.0400. The molecule has 0 aromatic carbocycles. The van der Waals surface area contributed by atoms with Crippen molar-refractivity contribution >= 4 is 0 Å².